The Kier molecular flexibility index (Phi) is 6.58. The van der Waals surface area contributed by atoms with Crippen molar-refractivity contribution in [3.05, 3.63) is 53.6 Å². The molecule has 2 amide bonds. The summed E-state index contributed by atoms with van der Waals surface area (Å²) in [5.74, 6) is -0.330. The summed E-state index contributed by atoms with van der Waals surface area (Å²) < 4.78 is 37.8. The van der Waals surface area contributed by atoms with Gasteiger partial charge in [0, 0.05) is 17.2 Å². The minimum absolute atomic E-state index is 0.00961. The highest BCUT2D eigenvalue weighted by Gasteiger charge is 2.28. The number of nitrogens with one attached hydrogen (secondary N) is 3. The van der Waals surface area contributed by atoms with Crippen molar-refractivity contribution in [3.63, 3.8) is 0 Å². The van der Waals surface area contributed by atoms with Gasteiger partial charge >= 0.3 is 0 Å². The average Bonchev–Trinajstić information content (AvgIpc) is 3.55. The molecule has 2 aromatic rings. The third-order valence-electron chi connectivity index (χ3n) is 4.32. The highest BCUT2D eigenvalue weighted by atomic mass is 32.2. The number of carbonyl (C=O) groups excluding carboxylic acids is 2. The Morgan fingerprint density at radius 2 is 1.67 bits per heavy atom. The van der Waals surface area contributed by atoms with Gasteiger partial charge in [-0.15, -0.1) is 0 Å². The zero-order chi connectivity index (χ0) is 21.7. The first-order valence-electron chi connectivity index (χ1n) is 9.38. The van der Waals surface area contributed by atoms with Gasteiger partial charge < -0.3 is 9.47 Å². The van der Waals surface area contributed by atoms with E-state index in [1.807, 2.05) is 6.92 Å². The first-order chi connectivity index (χ1) is 14.3. The van der Waals surface area contributed by atoms with Crippen LogP contribution in [0.3, 0.4) is 0 Å². The molecule has 0 saturated heterocycles. The van der Waals surface area contributed by atoms with Gasteiger partial charge in [0.15, 0.2) is 11.5 Å². The molecule has 0 atom stereocenters. The van der Waals surface area contributed by atoms with Crippen LogP contribution in [-0.2, 0) is 10.0 Å². The highest BCUT2D eigenvalue weighted by Crippen LogP contribution is 2.28. The molecule has 160 valence electrons. The second kappa shape index (κ2) is 9.14. The van der Waals surface area contributed by atoms with Gasteiger partial charge in [0.05, 0.1) is 18.6 Å². The van der Waals surface area contributed by atoms with E-state index < -0.39 is 21.8 Å². The first-order valence-corrected chi connectivity index (χ1v) is 10.9. The van der Waals surface area contributed by atoms with Crippen molar-refractivity contribution in [1.82, 2.24) is 15.6 Å². The van der Waals surface area contributed by atoms with Crippen LogP contribution in [0, 0.1) is 0 Å². The van der Waals surface area contributed by atoms with Crippen molar-refractivity contribution >= 4 is 21.8 Å². The van der Waals surface area contributed by atoms with Gasteiger partial charge in [-0.2, -0.15) is 0 Å². The molecule has 9 nitrogen and oxygen atoms in total. The van der Waals surface area contributed by atoms with E-state index in [2.05, 4.69) is 15.6 Å². The van der Waals surface area contributed by atoms with Crippen molar-refractivity contribution in [2.75, 3.05) is 13.7 Å². The number of hydrazine groups is 1. The fraction of sp³-hybridized carbons (Fsp3) is 0.300. The number of ether oxygens (including phenoxy) is 2. The maximum Gasteiger partial charge on any atom is 0.269 e. The SMILES string of the molecule is CCOc1ccc(C(=O)NNC(=O)c2cccc(S(=O)(=O)NC3CC3)c2)cc1OC. The van der Waals surface area contributed by atoms with Crippen LogP contribution in [0.5, 0.6) is 11.5 Å². The lowest BCUT2D eigenvalue weighted by Gasteiger charge is -2.12. The summed E-state index contributed by atoms with van der Waals surface area (Å²) in [6.07, 6.45) is 1.61. The number of sulfonamides is 1. The molecule has 0 aliphatic heterocycles. The molecular weight excluding hydrogens is 410 g/mol. The first kappa shape index (κ1) is 21.6. The van der Waals surface area contributed by atoms with E-state index in [1.54, 1.807) is 6.07 Å². The van der Waals surface area contributed by atoms with E-state index in [4.69, 9.17) is 9.47 Å². The topological polar surface area (TPSA) is 123 Å². The molecule has 1 aliphatic carbocycles. The second-order valence-electron chi connectivity index (χ2n) is 6.63. The number of carbonyl (C=O) groups is 2. The second-order valence-corrected chi connectivity index (χ2v) is 8.34. The van der Waals surface area contributed by atoms with Crippen LogP contribution in [0.15, 0.2) is 47.4 Å². The summed E-state index contributed by atoms with van der Waals surface area (Å²) in [6.45, 7) is 2.28. The summed E-state index contributed by atoms with van der Waals surface area (Å²) in [6, 6.07) is 10.2. The van der Waals surface area contributed by atoms with Gasteiger partial charge in [0.2, 0.25) is 10.0 Å². The van der Waals surface area contributed by atoms with Crippen LogP contribution in [-0.4, -0.2) is 40.0 Å². The van der Waals surface area contributed by atoms with E-state index in [-0.39, 0.29) is 22.1 Å². The zero-order valence-electron chi connectivity index (χ0n) is 16.6. The van der Waals surface area contributed by atoms with E-state index in [9.17, 15) is 18.0 Å². The quantitative estimate of drug-likeness (QED) is 0.544. The molecule has 1 aliphatic rings. The predicted octanol–water partition coefficient (Wildman–Crippen LogP) is 1.61. The largest absolute Gasteiger partial charge is 0.493 e. The predicted molar refractivity (Wildman–Crippen MR) is 109 cm³/mol. The van der Waals surface area contributed by atoms with E-state index in [0.717, 1.165) is 12.8 Å². The third kappa shape index (κ3) is 5.28. The average molecular weight is 433 g/mol. The Hall–Kier alpha value is -3.11. The summed E-state index contributed by atoms with van der Waals surface area (Å²) in [5.41, 5.74) is 4.93. The lowest BCUT2D eigenvalue weighted by atomic mass is 10.2. The third-order valence-corrected chi connectivity index (χ3v) is 5.84. The zero-order valence-corrected chi connectivity index (χ0v) is 17.4. The normalized spacial score (nSPS) is 13.4. The van der Waals surface area contributed by atoms with Crippen LogP contribution in [0.2, 0.25) is 0 Å². The van der Waals surface area contributed by atoms with Crippen molar-refractivity contribution in [2.45, 2.75) is 30.7 Å². The minimum Gasteiger partial charge on any atom is -0.493 e. The molecule has 30 heavy (non-hydrogen) atoms. The molecule has 1 fully saturated rings. The molecule has 0 spiro atoms. The molecule has 10 heteroatoms. The number of methoxy groups -OCH3 is 1. The Bertz CT molecular complexity index is 1050. The summed E-state index contributed by atoms with van der Waals surface area (Å²) in [4.78, 5) is 24.7. The maximum absolute atomic E-state index is 12.4. The van der Waals surface area contributed by atoms with Gasteiger partial charge in [0.25, 0.3) is 11.8 Å². The lowest BCUT2D eigenvalue weighted by molar-refractivity contribution is 0.0846. The van der Waals surface area contributed by atoms with Crippen molar-refractivity contribution in [2.24, 2.45) is 0 Å². The molecule has 1 saturated carbocycles. The van der Waals surface area contributed by atoms with Crippen molar-refractivity contribution in [1.29, 1.82) is 0 Å². The minimum atomic E-state index is -3.69. The molecule has 0 heterocycles. The van der Waals surface area contributed by atoms with E-state index in [1.165, 1.54) is 43.5 Å². The Labute approximate surface area is 174 Å². The molecule has 2 aromatic carbocycles. The smallest absolute Gasteiger partial charge is 0.269 e. The van der Waals surface area contributed by atoms with Gasteiger partial charge in [-0.3, -0.25) is 20.4 Å². The number of amides is 2. The monoisotopic (exact) mass is 433 g/mol. The molecule has 0 radical (unpaired) electrons. The fourth-order valence-corrected chi connectivity index (χ4v) is 3.99. The number of benzene rings is 2. The van der Waals surface area contributed by atoms with Gasteiger partial charge in [-0.05, 0) is 56.2 Å². The number of hydrogen-bond acceptors (Lipinski definition) is 6. The molecule has 3 N–H and O–H groups in total. The summed E-state index contributed by atoms with van der Waals surface area (Å²) in [7, 11) is -2.23. The van der Waals surface area contributed by atoms with Crippen LogP contribution in [0.1, 0.15) is 40.5 Å². The molecule has 0 unspecified atom stereocenters. The van der Waals surface area contributed by atoms with Crippen LogP contribution in [0.25, 0.3) is 0 Å². The van der Waals surface area contributed by atoms with Crippen LogP contribution < -0.4 is 25.0 Å². The van der Waals surface area contributed by atoms with Gasteiger partial charge in [0.1, 0.15) is 0 Å². The van der Waals surface area contributed by atoms with Crippen molar-refractivity contribution < 1.29 is 27.5 Å². The molecule has 3 rings (SSSR count). The number of rotatable bonds is 8. The van der Waals surface area contributed by atoms with Crippen LogP contribution in [0.4, 0.5) is 0 Å². The maximum atomic E-state index is 12.4. The van der Waals surface area contributed by atoms with Gasteiger partial charge in [-0.25, -0.2) is 13.1 Å². The summed E-state index contributed by atoms with van der Waals surface area (Å²) in [5, 5.41) is 0. The Balaban J connectivity index is 1.65. The molecular formula is C20H23N3O6S. The summed E-state index contributed by atoms with van der Waals surface area (Å²) >= 11 is 0. The molecule has 0 bridgehead atoms. The highest BCUT2D eigenvalue weighted by molar-refractivity contribution is 7.89. The van der Waals surface area contributed by atoms with E-state index in [0.29, 0.717) is 18.1 Å². The van der Waals surface area contributed by atoms with Crippen molar-refractivity contribution in [3.8, 4) is 11.5 Å². The Morgan fingerprint density at radius 1 is 1.00 bits per heavy atom. The standard InChI is InChI=1S/C20H23N3O6S/c1-3-29-17-10-7-14(12-18(17)28-2)20(25)22-21-19(24)13-5-4-6-16(11-13)30(26,27)23-15-8-9-15/h4-7,10-12,15,23H,3,8-9H2,1-2H3,(H,21,24)(H,22,25). The van der Waals surface area contributed by atoms with Gasteiger partial charge in [-0.1, -0.05) is 6.07 Å². The van der Waals surface area contributed by atoms with E-state index >= 15 is 0 Å². The lowest BCUT2D eigenvalue weighted by Crippen LogP contribution is -2.41. The Morgan fingerprint density at radius 3 is 2.27 bits per heavy atom. The fourth-order valence-electron chi connectivity index (χ4n) is 2.63. The molecule has 0 aromatic heterocycles. The van der Waals surface area contributed by atoms with Crippen LogP contribution >= 0.6 is 0 Å². The number of hydrogen-bond donors (Lipinski definition) is 3.